The minimum Gasteiger partial charge on any atom is -0.461 e. The van der Waals surface area contributed by atoms with Crippen LogP contribution in [0.15, 0.2) is 60.8 Å². The highest BCUT2D eigenvalue weighted by Crippen LogP contribution is 2.39. The number of thiazole rings is 1. The minimum atomic E-state index is -0.381. The number of esters is 1. The van der Waals surface area contributed by atoms with Crippen molar-refractivity contribution in [2.24, 2.45) is 7.05 Å². The first kappa shape index (κ1) is 16.5. The van der Waals surface area contributed by atoms with E-state index in [2.05, 4.69) is 27.9 Å². The van der Waals surface area contributed by atoms with Crippen molar-refractivity contribution in [1.29, 1.82) is 0 Å². The molecular weight excluding hydrogens is 344 g/mol. The lowest BCUT2D eigenvalue weighted by molar-refractivity contribution is 0.0521. The third-order valence-electron chi connectivity index (χ3n) is 4.26. The number of ether oxygens (including phenoxy) is 1. The van der Waals surface area contributed by atoms with Gasteiger partial charge in [-0.05, 0) is 13.0 Å². The highest BCUT2D eigenvalue weighted by molar-refractivity contribution is 7.18. The SMILES string of the molecule is CCOC(=O)c1nc(-c2ccccc2)sc1-c1cn(C)c2ccccc12. The van der Waals surface area contributed by atoms with Crippen LogP contribution in [0.25, 0.3) is 31.9 Å². The molecule has 0 amide bonds. The standard InChI is InChI=1S/C21H18N2O2S/c1-3-25-21(24)18-19(26-20(22-18)14-9-5-4-6-10-14)16-13-23(2)17-12-8-7-11-15(16)17/h4-13H,3H2,1-2H3. The van der Waals surface area contributed by atoms with Gasteiger partial charge in [-0.15, -0.1) is 11.3 Å². The van der Waals surface area contributed by atoms with Gasteiger partial charge in [0.25, 0.3) is 0 Å². The molecule has 4 nitrogen and oxygen atoms in total. The Hall–Kier alpha value is -2.92. The summed E-state index contributed by atoms with van der Waals surface area (Å²) in [5, 5.41) is 1.92. The smallest absolute Gasteiger partial charge is 0.358 e. The van der Waals surface area contributed by atoms with Gasteiger partial charge in [0.05, 0.1) is 11.5 Å². The number of hydrogen-bond acceptors (Lipinski definition) is 4. The number of aryl methyl sites for hydroxylation is 1. The van der Waals surface area contributed by atoms with Crippen molar-refractivity contribution >= 4 is 28.2 Å². The van der Waals surface area contributed by atoms with Crippen molar-refractivity contribution in [3.8, 4) is 21.0 Å². The van der Waals surface area contributed by atoms with E-state index in [0.29, 0.717) is 12.3 Å². The number of para-hydroxylation sites is 1. The average molecular weight is 362 g/mol. The zero-order chi connectivity index (χ0) is 18.1. The molecule has 130 valence electrons. The Kier molecular flexibility index (Phi) is 4.31. The van der Waals surface area contributed by atoms with E-state index < -0.39 is 0 Å². The fourth-order valence-corrected chi connectivity index (χ4v) is 4.15. The molecule has 0 spiro atoms. The second kappa shape index (κ2) is 6.77. The molecule has 0 fully saturated rings. The molecule has 2 heterocycles. The number of nitrogens with zero attached hydrogens (tertiary/aromatic N) is 2. The Morgan fingerprint density at radius 1 is 1.12 bits per heavy atom. The summed E-state index contributed by atoms with van der Waals surface area (Å²) in [5.41, 5.74) is 3.50. The lowest BCUT2D eigenvalue weighted by Crippen LogP contribution is -2.06. The molecule has 4 rings (SSSR count). The molecular formula is C21H18N2O2S. The van der Waals surface area contributed by atoms with E-state index in [9.17, 15) is 4.79 Å². The molecule has 4 aromatic rings. The van der Waals surface area contributed by atoms with Crippen LogP contribution < -0.4 is 0 Å². The molecule has 0 radical (unpaired) electrons. The molecule has 26 heavy (non-hydrogen) atoms. The monoisotopic (exact) mass is 362 g/mol. The molecule has 0 aliphatic rings. The molecule has 5 heteroatoms. The Morgan fingerprint density at radius 2 is 1.85 bits per heavy atom. The van der Waals surface area contributed by atoms with Crippen molar-refractivity contribution in [1.82, 2.24) is 9.55 Å². The molecule has 0 unspecified atom stereocenters. The molecule has 2 aromatic carbocycles. The predicted molar refractivity (Wildman–Crippen MR) is 105 cm³/mol. The van der Waals surface area contributed by atoms with Gasteiger partial charge in [-0.25, -0.2) is 9.78 Å². The van der Waals surface area contributed by atoms with Crippen LogP contribution in [0, 0.1) is 0 Å². The molecule has 0 N–H and O–H groups in total. The predicted octanol–water partition coefficient (Wildman–Crippen LogP) is 5.15. The first-order valence-electron chi connectivity index (χ1n) is 8.47. The van der Waals surface area contributed by atoms with Crippen LogP contribution in [0.3, 0.4) is 0 Å². The van der Waals surface area contributed by atoms with E-state index in [4.69, 9.17) is 4.74 Å². The number of carbonyl (C=O) groups excluding carboxylic acids is 1. The summed E-state index contributed by atoms with van der Waals surface area (Å²) < 4.78 is 7.33. The maximum atomic E-state index is 12.5. The quantitative estimate of drug-likeness (QED) is 0.472. The second-order valence-electron chi connectivity index (χ2n) is 5.95. The van der Waals surface area contributed by atoms with Gasteiger partial charge in [-0.1, -0.05) is 48.5 Å². The fourth-order valence-electron chi connectivity index (χ4n) is 3.07. The van der Waals surface area contributed by atoms with Gasteiger partial charge in [0.15, 0.2) is 5.69 Å². The summed E-state index contributed by atoms with van der Waals surface area (Å²) in [6.07, 6.45) is 2.05. The topological polar surface area (TPSA) is 44.1 Å². The zero-order valence-electron chi connectivity index (χ0n) is 14.6. The number of aromatic nitrogens is 2. The van der Waals surface area contributed by atoms with Gasteiger partial charge >= 0.3 is 5.97 Å². The average Bonchev–Trinajstić information content (AvgIpc) is 3.25. The van der Waals surface area contributed by atoms with E-state index in [1.807, 2.05) is 49.5 Å². The van der Waals surface area contributed by atoms with Gasteiger partial charge < -0.3 is 9.30 Å². The van der Waals surface area contributed by atoms with Crippen LogP contribution in [-0.4, -0.2) is 22.1 Å². The van der Waals surface area contributed by atoms with Crippen LogP contribution in [0.1, 0.15) is 17.4 Å². The third-order valence-corrected chi connectivity index (χ3v) is 5.40. The molecule has 0 bridgehead atoms. The Balaban J connectivity index is 1.94. The number of hydrogen-bond donors (Lipinski definition) is 0. The van der Waals surface area contributed by atoms with Crippen LogP contribution >= 0.6 is 11.3 Å². The van der Waals surface area contributed by atoms with Gasteiger partial charge in [0, 0.05) is 35.3 Å². The summed E-state index contributed by atoms with van der Waals surface area (Å²) in [4.78, 5) is 18.0. The molecule has 0 saturated carbocycles. The first-order valence-corrected chi connectivity index (χ1v) is 9.28. The highest BCUT2D eigenvalue weighted by Gasteiger charge is 2.23. The van der Waals surface area contributed by atoms with Crippen LogP contribution in [0.4, 0.5) is 0 Å². The largest absolute Gasteiger partial charge is 0.461 e. The van der Waals surface area contributed by atoms with Crippen molar-refractivity contribution in [2.75, 3.05) is 6.61 Å². The normalized spacial score (nSPS) is 11.0. The maximum absolute atomic E-state index is 12.5. The van der Waals surface area contributed by atoms with Crippen molar-refractivity contribution in [2.45, 2.75) is 6.92 Å². The Morgan fingerprint density at radius 3 is 2.62 bits per heavy atom. The maximum Gasteiger partial charge on any atom is 0.358 e. The van der Waals surface area contributed by atoms with E-state index >= 15 is 0 Å². The summed E-state index contributed by atoms with van der Waals surface area (Å²) in [5.74, 6) is -0.381. The van der Waals surface area contributed by atoms with Crippen molar-refractivity contribution < 1.29 is 9.53 Å². The van der Waals surface area contributed by atoms with Crippen molar-refractivity contribution in [3.05, 3.63) is 66.5 Å². The zero-order valence-corrected chi connectivity index (χ0v) is 15.4. The van der Waals surface area contributed by atoms with Crippen LogP contribution in [0.5, 0.6) is 0 Å². The summed E-state index contributed by atoms with van der Waals surface area (Å²) in [6.45, 7) is 2.13. The van der Waals surface area contributed by atoms with Gasteiger partial charge in [0.2, 0.25) is 0 Å². The molecule has 0 atom stereocenters. The Labute approximate surface area is 155 Å². The molecule has 0 saturated heterocycles. The van der Waals surface area contributed by atoms with Crippen LogP contribution in [0.2, 0.25) is 0 Å². The fraction of sp³-hybridized carbons (Fsp3) is 0.143. The van der Waals surface area contributed by atoms with E-state index in [1.54, 1.807) is 6.92 Å². The molecule has 2 aromatic heterocycles. The number of benzene rings is 2. The first-order chi connectivity index (χ1) is 12.7. The molecule has 0 aliphatic heterocycles. The third kappa shape index (κ3) is 2.80. The summed E-state index contributed by atoms with van der Waals surface area (Å²) in [7, 11) is 2.01. The summed E-state index contributed by atoms with van der Waals surface area (Å²) >= 11 is 1.52. The number of carbonyl (C=O) groups is 1. The van der Waals surface area contributed by atoms with E-state index in [0.717, 1.165) is 31.9 Å². The van der Waals surface area contributed by atoms with Gasteiger partial charge in [-0.2, -0.15) is 0 Å². The minimum absolute atomic E-state index is 0.325. The van der Waals surface area contributed by atoms with Gasteiger partial charge in [-0.3, -0.25) is 0 Å². The lowest BCUT2D eigenvalue weighted by Gasteiger charge is -2.01. The number of fused-ring (bicyclic) bond motifs is 1. The lowest BCUT2D eigenvalue weighted by atomic mass is 10.1. The van der Waals surface area contributed by atoms with Crippen LogP contribution in [-0.2, 0) is 11.8 Å². The number of rotatable bonds is 4. The van der Waals surface area contributed by atoms with E-state index in [1.165, 1.54) is 11.3 Å². The highest BCUT2D eigenvalue weighted by atomic mass is 32.1. The van der Waals surface area contributed by atoms with E-state index in [-0.39, 0.29) is 5.97 Å². The second-order valence-corrected chi connectivity index (χ2v) is 6.95. The summed E-state index contributed by atoms with van der Waals surface area (Å²) in [6, 6.07) is 18.1. The molecule has 0 aliphatic carbocycles. The van der Waals surface area contributed by atoms with Crippen molar-refractivity contribution in [3.63, 3.8) is 0 Å². The van der Waals surface area contributed by atoms with Gasteiger partial charge in [0.1, 0.15) is 5.01 Å². The Bertz CT molecular complexity index is 1080.